The first-order valence-corrected chi connectivity index (χ1v) is 7.19. The van der Waals surface area contributed by atoms with Crippen molar-refractivity contribution in [3.63, 3.8) is 0 Å². The molecule has 0 aliphatic heterocycles. The van der Waals surface area contributed by atoms with Crippen molar-refractivity contribution in [3.8, 4) is 0 Å². The van der Waals surface area contributed by atoms with Gasteiger partial charge >= 0.3 is 0 Å². The molecule has 0 radical (unpaired) electrons. The lowest BCUT2D eigenvalue weighted by atomic mass is 10.0. The van der Waals surface area contributed by atoms with Gasteiger partial charge in [-0.1, -0.05) is 43.9 Å². The van der Waals surface area contributed by atoms with Crippen LogP contribution in [0.2, 0.25) is 0 Å². The van der Waals surface area contributed by atoms with Crippen LogP contribution in [0.4, 0.5) is 5.69 Å². The van der Waals surface area contributed by atoms with Gasteiger partial charge in [0.1, 0.15) is 0 Å². The van der Waals surface area contributed by atoms with Crippen LogP contribution in [-0.2, 0) is 4.79 Å². The highest BCUT2D eigenvalue weighted by molar-refractivity contribution is 6.01. The highest BCUT2D eigenvalue weighted by Gasteiger charge is 2.16. The number of H-pyrrole nitrogens is 1. The largest absolute Gasteiger partial charge is 0.359 e. The van der Waals surface area contributed by atoms with Gasteiger partial charge in [0.2, 0.25) is 5.91 Å². The van der Waals surface area contributed by atoms with Gasteiger partial charge in [-0.25, -0.2) is 0 Å². The Hall–Kier alpha value is -1.77. The minimum Gasteiger partial charge on any atom is -0.359 e. The topological polar surface area (TPSA) is 44.9 Å². The number of hydrogen-bond acceptors (Lipinski definition) is 1. The Morgan fingerprint density at radius 3 is 2.89 bits per heavy atom. The fourth-order valence-corrected chi connectivity index (χ4v) is 3.02. The number of anilines is 1. The normalized spacial score (nSPS) is 16.0. The molecule has 1 heterocycles. The number of para-hydroxylation sites is 1. The van der Waals surface area contributed by atoms with Gasteiger partial charge in [-0.15, -0.1) is 0 Å². The second kappa shape index (κ2) is 5.47. The van der Waals surface area contributed by atoms with E-state index in [1.54, 1.807) is 0 Å². The van der Waals surface area contributed by atoms with E-state index in [9.17, 15) is 4.79 Å². The van der Waals surface area contributed by atoms with Crippen molar-refractivity contribution in [2.75, 3.05) is 5.32 Å². The zero-order valence-electron chi connectivity index (χ0n) is 11.1. The Kier molecular flexibility index (Phi) is 3.53. The van der Waals surface area contributed by atoms with E-state index in [2.05, 4.69) is 10.3 Å². The maximum absolute atomic E-state index is 12.0. The molecule has 0 bridgehead atoms. The summed E-state index contributed by atoms with van der Waals surface area (Å²) in [5.74, 6) is 0.908. The van der Waals surface area contributed by atoms with Crippen molar-refractivity contribution >= 4 is 22.5 Å². The van der Waals surface area contributed by atoms with Gasteiger partial charge in [0, 0.05) is 23.5 Å². The maximum Gasteiger partial charge on any atom is 0.224 e. The lowest BCUT2D eigenvalue weighted by molar-refractivity contribution is -0.116. The summed E-state index contributed by atoms with van der Waals surface area (Å²) in [6.45, 7) is 0. The van der Waals surface area contributed by atoms with E-state index in [0.29, 0.717) is 6.42 Å². The lowest BCUT2D eigenvalue weighted by Crippen LogP contribution is -2.12. The summed E-state index contributed by atoms with van der Waals surface area (Å²) < 4.78 is 0. The third-order valence-electron chi connectivity index (χ3n) is 4.12. The maximum atomic E-state index is 12.0. The van der Waals surface area contributed by atoms with Crippen LogP contribution in [0.25, 0.3) is 10.9 Å². The summed E-state index contributed by atoms with van der Waals surface area (Å²) in [6, 6.07) is 8.02. The third kappa shape index (κ3) is 2.80. The highest BCUT2D eigenvalue weighted by atomic mass is 16.1. The molecule has 1 saturated carbocycles. The number of carbonyl (C=O) groups excluding carboxylic acids is 1. The number of amides is 1. The molecule has 3 nitrogen and oxygen atoms in total. The van der Waals surface area contributed by atoms with Gasteiger partial charge in [-0.2, -0.15) is 0 Å². The van der Waals surface area contributed by atoms with Crippen LogP contribution in [0.3, 0.4) is 0 Å². The fourth-order valence-electron chi connectivity index (χ4n) is 3.02. The Morgan fingerprint density at radius 2 is 2.05 bits per heavy atom. The number of carbonyl (C=O) groups is 1. The van der Waals surface area contributed by atoms with Gasteiger partial charge in [0.15, 0.2) is 0 Å². The van der Waals surface area contributed by atoms with E-state index in [4.69, 9.17) is 0 Å². The van der Waals surface area contributed by atoms with E-state index in [0.717, 1.165) is 28.9 Å². The van der Waals surface area contributed by atoms with E-state index < -0.39 is 0 Å². The first-order valence-electron chi connectivity index (χ1n) is 7.19. The number of aromatic nitrogens is 1. The number of nitrogens with one attached hydrogen (secondary N) is 2. The molecule has 1 aromatic heterocycles. The molecule has 0 atom stereocenters. The molecular weight excluding hydrogens is 236 g/mol. The van der Waals surface area contributed by atoms with Crippen molar-refractivity contribution in [2.45, 2.75) is 38.5 Å². The van der Waals surface area contributed by atoms with Gasteiger partial charge in [-0.05, 0) is 18.4 Å². The van der Waals surface area contributed by atoms with Crippen molar-refractivity contribution in [1.29, 1.82) is 0 Å². The van der Waals surface area contributed by atoms with Crippen LogP contribution in [0.15, 0.2) is 30.5 Å². The van der Waals surface area contributed by atoms with Crippen molar-refractivity contribution in [1.82, 2.24) is 4.98 Å². The molecule has 3 heteroatoms. The molecule has 2 aromatic rings. The van der Waals surface area contributed by atoms with Crippen LogP contribution in [0.5, 0.6) is 0 Å². The van der Waals surface area contributed by atoms with Gasteiger partial charge in [0.05, 0.1) is 5.69 Å². The average Bonchev–Trinajstić information content (AvgIpc) is 3.07. The molecular formula is C16H20N2O. The predicted molar refractivity (Wildman–Crippen MR) is 78.1 cm³/mol. The number of hydrogen-bond donors (Lipinski definition) is 2. The lowest BCUT2D eigenvalue weighted by Gasteiger charge is -2.08. The molecule has 1 aliphatic rings. The number of rotatable bonds is 4. The van der Waals surface area contributed by atoms with E-state index in [-0.39, 0.29) is 5.91 Å². The molecule has 1 fully saturated rings. The van der Waals surface area contributed by atoms with Crippen LogP contribution in [0, 0.1) is 5.92 Å². The van der Waals surface area contributed by atoms with E-state index in [1.165, 1.54) is 25.7 Å². The second-order valence-corrected chi connectivity index (χ2v) is 5.49. The molecule has 1 aromatic carbocycles. The zero-order valence-corrected chi connectivity index (χ0v) is 11.1. The molecule has 0 unspecified atom stereocenters. The molecule has 3 rings (SSSR count). The first kappa shape index (κ1) is 12.3. The standard InChI is InChI=1S/C16H20N2O/c19-16(10-9-12-5-1-2-6-12)18-15-11-17-14-8-4-3-7-13(14)15/h3-4,7-8,11-12,17H,1-2,5-6,9-10H2,(H,18,19). The SMILES string of the molecule is O=C(CCC1CCCC1)Nc1c[nH]c2ccccc12. The van der Waals surface area contributed by atoms with Crippen LogP contribution in [-0.4, -0.2) is 10.9 Å². The summed E-state index contributed by atoms with van der Waals surface area (Å²) in [7, 11) is 0. The molecule has 0 spiro atoms. The summed E-state index contributed by atoms with van der Waals surface area (Å²) in [6.07, 6.45) is 8.85. The minimum atomic E-state index is 0.136. The van der Waals surface area contributed by atoms with Crippen LogP contribution in [0.1, 0.15) is 38.5 Å². The number of aromatic amines is 1. The molecule has 100 valence electrons. The van der Waals surface area contributed by atoms with E-state index >= 15 is 0 Å². The Balaban J connectivity index is 1.59. The van der Waals surface area contributed by atoms with E-state index in [1.807, 2.05) is 30.5 Å². The summed E-state index contributed by atoms with van der Waals surface area (Å²) in [4.78, 5) is 15.2. The molecule has 19 heavy (non-hydrogen) atoms. The summed E-state index contributed by atoms with van der Waals surface area (Å²) in [5, 5.41) is 4.10. The first-order chi connectivity index (χ1) is 9.33. The smallest absolute Gasteiger partial charge is 0.224 e. The van der Waals surface area contributed by atoms with Crippen molar-refractivity contribution in [2.24, 2.45) is 5.92 Å². The minimum absolute atomic E-state index is 0.136. The van der Waals surface area contributed by atoms with Gasteiger partial charge in [-0.3, -0.25) is 4.79 Å². The van der Waals surface area contributed by atoms with Crippen molar-refractivity contribution in [3.05, 3.63) is 30.5 Å². The molecule has 1 amide bonds. The Labute approximate surface area is 113 Å². The van der Waals surface area contributed by atoms with Gasteiger partial charge in [0.25, 0.3) is 0 Å². The highest BCUT2D eigenvalue weighted by Crippen LogP contribution is 2.29. The second-order valence-electron chi connectivity index (χ2n) is 5.49. The number of fused-ring (bicyclic) bond motifs is 1. The zero-order chi connectivity index (χ0) is 13.1. The number of benzene rings is 1. The fraction of sp³-hybridized carbons (Fsp3) is 0.438. The average molecular weight is 256 g/mol. The Morgan fingerprint density at radius 1 is 1.26 bits per heavy atom. The Bertz CT molecular complexity index is 567. The van der Waals surface area contributed by atoms with Gasteiger partial charge < -0.3 is 10.3 Å². The summed E-state index contributed by atoms with van der Waals surface area (Å²) >= 11 is 0. The quantitative estimate of drug-likeness (QED) is 0.850. The third-order valence-corrected chi connectivity index (χ3v) is 4.12. The summed E-state index contributed by atoms with van der Waals surface area (Å²) in [5.41, 5.74) is 1.96. The van der Waals surface area contributed by atoms with Crippen molar-refractivity contribution < 1.29 is 4.79 Å². The molecule has 2 N–H and O–H groups in total. The molecule has 1 aliphatic carbocycles. The van der Waals surface area contributed by atoms with Crippen LogP contribution >= 0.6 is 0 Å². The molecule has 0 saturated heterocycles. The monoisotopic (exact) mass is 256 g/mol. The van der Waals surface area contributed by atoms with Crippen LogP contribution < -0.4 is 5.32 Å². The predicted octanol–water partition coefficient (Wildman–Crippen LogP) is 4.08.